The van der Waals surface area contributed by atoms with Gasteiger partial charge >= 0.3 is 11.9 Å². The molecule has 5 aliphatic heterocycles. The van der Waals surface area contributed by atoms with E-state index in [-0.39, 0.29) is 38.2 Å². The Balaban J connectivity index is 1.53. The van der Waals surface area contributed by atoms with Crippen molar-refractivity contribution in [2.75, 3.05) is 16.3 Å². The minimum Gasteiger partial charge on any atom is -0.478 e. The summed E-state index contributed by atoms with van der Waals surface area (Å²) in [6.07, 6.45) is 5.90. The lowest BCUT2D eigenvalue weighted by molar-refractivity contribution is -0.117. The molecular weight excluding hydrogens is 651 g/mol. The number of benzene rings is 3. The van der Waals surface area contributed by atoms with E-state index < -0.39 is 23.1 Å². The number of hydrogen-bond acceptors (Lipinski definition) is 6. The number of ether oxygens (including phenoxy) is 2. The zero-order valence-electron chi connectivity index (χ0n) is 27.7. The van der Waals surface area contributed by atoms with Crippen LogP contribution in [-0.2, 0) is 21.6 Å². The van der Waals surface area contributed by atoms with E-state index in [0.717, 1.165) is 52.9 Å². The summed E-state index contributed by atoms with van der Waals surface area (Å²) in [6, 6.07) is 7.07. The Labute approximate surface area is 288 Å². The number of carboxylic acid groups (broad SMARTS) is 1. The van der Waals surface area contributed by atoms with Crippen LogP contribution < -0.4 is 14.5 Å². The van der Waals surface area contributed by atoms with Gasteiger partial charge in [0.15, 0.2) is 5.60 Å². The van der Waals surface area contributed by atoms with Crippen LogP contribution in [-0.4, -0.2) is 40.6 Å². The number of carbonyl (C=O) groups is 3. The number of carbonyl (C=O) groups excluding carboxylic acids is 2. The Kier molecular flexibility index (Phi) is 6.25. The highest BCUT2D eigenvalue weighted by molar-refractivity contribution is 6.39. The predicted octanol–water partition coefficient (Wildman–Crippen LogP) is 8.76. The lowest BCUT2D eigenvalue weighted by Crippen LogP contribution is -2.48. The Morgan fingerprint density at radius 3 is 2.29 bits per heavy atom. The van der Waals surface area contributed by atoms with Crippen molar-refractivity contribution in [2.45, 2.75) is 78.0 Å². The molecule has 1 spiro atoms. The fourth-order valence-electron chi connectivity index (χ4n) is 8.90. The van der Waals surface area contributed by atoms with Crippen molar-refractivity contribution in [3.63, 3.8) is 0 Å². The molecule has 5 aliphatic rings. The smallest absolute Gasteiger partial charge is 0.341 e. The lowest BCUT2D eigenvalue weighted by Gasteiger charge is -2.48. The molecule has 0 aliphatic carbocycles. The van der Waals surface area contributed by atoms with Crippen LogP contribution in [0.15, 0.2) is 36.4 Å². The number of nitrogens with zero attached hydrogens (tertiary/aromatic N) is 2. The van der Waals surface area contributed by atoms with Crippen molar-refractivity contribution in [1.82, 2.24) is 0 Å². The maximum Gasteiger partial charge on any atom is 0.341 e. The van der Waals surface area contributed by atoms with E-state index in [2.05, 4.69) is 31.7 Å². The van der Waals surface area contributed by atoms with Crippen LogP contribution in [0.5, 0.6) is 11.5 Å². The third-order valence-corrected chi connectivity index (χ3v) is 11.3. The SMILES string of the molecule is CC(=O)N1c2cc3c(cc2C(C)=CC1(C)C)C1(OC(=O)c2c(Cl)c(C(=O)O)cc(Cl)c21)c1cc2c4c(c1O3)CCCN4C(C)(C)C=C2C. The van der Waals surface area contributed by atoms with Crippen LogP contribution in [0.1, 0.15) is 109 Å². The molecule has 3 aromatic rings. The molecule has 5 heterocycles. The second-order valence-electron chi connectivity index (χ2n) is 14.5. The molecule has 0 bridgehead atoms. The molecule has 8 rings (SSSR count). The van der Waals surface area contributed by atoms with Crippen molar-refractivity contribution < 1.29 is 29.0 Å². The van der Waals surface area contributed by atoms with Crippen molar-refractivity contribution in [3.05, 3.63) is 91.0 Å². The molecule has 10 heteroatoms. The van der Waals surface area contributed by atoms with Gasteiger partial charge in [-0.1, -0.05) is 35.4 Å². The summed E-state index contributed by atoms with van der Waals surface area (Å²) in [4.78, 5) is 43.6. The molecule has 3 aromatic carbocycles. The van der Waals surface area contributed by atoms with Crippen LogP contribution in [0.4, 0.5) is 11.4 Å². The highest BCUT2D eigenvalue weighted by Gasteiger charge is 2.58. The molecule has 1 atom stereocenters. The minimum absolute atomic E-state index is 0.0364. The van der Waals surface area contributed by atoms with E-state index in [0.29, 0.717) is 28.3 Å². The monoisotopic (exact) mass is 684 g/mol. The topological polar surface area (TPSA) is 96.4 Å². The van der Waals surface area contributed by atoms with E-state index in [1.54, 1.807) is 4.90 Å². The van der Waals surface area contributed by atoms with Gasteiger partial charge in [0.05, 0.1) is 43.6 Å². The maximum absolute atomic E-state index is 14.1. The first kappa shape index (κ1) is 31.0. The molecule has 246 valence electrons. The highest BCUT2D eigenvalue weighted by atomic mass is 35.5. The number of amides is 1. The third-order valence-electron chi connectivity index (χ3n) is 10.6. The summed E-state index contributed by atoms with van der Waals surface area (Å²) >= 11 is 13.7. The molecule has 1 N–H and O–H groups in total. The van der Waals surface area contributed by atoms with Gasteiger partial charge < -0.3 is 24.4 Å². The van der Waals surface area contributed by atoms with Crippen molar-refractivity contribution in [3.8, 4) is 11.5 Å². The van der Waals surface area contributed by atoms with E-state index in [9.17, 15) is 19.5 Å². The van der Waals surface area contributed by atoms with Crippen molar-refractivity contribution in [1.29, 1.82) is 0 Å². The minimum atomic E-state index is -1.63. The van der Waals surface area contributed by atoms with E-state index in [1.807, 2.05) is 45.0 Å². The van der Waals surface area contributed by atoms with Crippen LogP contribution in [0.3, 0.4) is 0 Å². The average molecular weight is 686 g/mol. The zero-order chi connectivity index (χ0) is 34.4. The molecule has 0 aromatic heterocycles. The Hall–Kier alpha value is -4.27. The Morgan fingerprint density at radius 1 is 0.938 bits per heavy atom. The number of hydrogen-bond donors (Lipinski definition) is 1. The normalized spacial score (nSPS) is 22.0. The highest BCUT2D eigenvalue weighted by Crippen LogP contribution is 2.63. The zero-order valence-corrected chi connectivity index (χ0v) is 29.2. The van der Waals surface area contributed by atoms with Gasteiger partial charge in [0.2, 0.25) is 5.91 Å². The lowest BCUT2D eigenvalue weighted by atomic mass is 9.72. The van der Waals surface area contributed by atoms with Crippen LogP contribution in [0.2, 0.25) is 10.0 Å². The second kappa shape index (κ2) is 9.67. The Bertz CT molecular complexity index is 2160. The molecule has 48 heavy (non-hydrogen) atoms. The number of rotatable bonds is 1. The molecule has 1 amide bonds. The van der Waals surface area contributed by atoms with E-state index >= 15 is 0 Å². The van der Waals surface area contributed by atoms with Gasteiger partial charge in [0.25, 0.3) is 0 Å². The van der Waals surface area contributed by atoms with E-state index in [1.165, 1.54) is 13.0 Å². The van der Waals surface area contributed by atoms with Crippen molar-refractivity contribution in [2.24, 2.45) is 0 Å². The van der Waals surface area contributed by atoms with Gasteiger partial charge in [-0.2, -0.15) is 0 Å². The summed E-state index contributed by atoms with van der Waals surface area (Å²) in [7, 11) is 0. The summed E-state index contributed by atoms with van der Waals surface area (Å²) in [5.74, 6) is -1.26. The van der Waals surface area contributed by atoms with Crippen LogP contribution >= 0.6 is 23.2 Å². The first-order valence-electron chi connectivity index (χ1n) is 16.0. The number of fused-ring (bicyclic) bond motifs is 8. The van der Waals surface area contributed by atoms with Gasteiger partial charge in [-0.05, 0) is 83.7 Å². The van der Waals surface area contributed by atoms with Gasteiger partial charge in [0.1, 0.15) is 11.5 Å². The quantitative estimate of drug-likeness (QED) is 0.256. The summed E-state index contributed by atoms with van der Waals surface area (Å²) < 4.78 is 13.5. The molecule has 0 saturated heterocycles. The molecule has 8 nitrogen and oxygen atoms in total. The fourth-order valence-corrected chi connectivity index (χ4v) is 9.54. The summed E-state index contributed by atoms with van der Waals surface area (Å²) in [5, 5.41) is 9.74. The number of anilines is 2. The molecule has 0 fully saturated rings. The molecule has 0 radical (unpaired) electrons. The van der Waals surface area contributed by atoms with Crippen LogP contribution in [0.25, 0.3) is 11.1 Å². The summed E-state index contributed by atoms with van der Waals surface area (Å²) in [5.41, 5.74) is 5.06. The van der Waals surface area contributed by atoms with Gasteiger partial charge in [0, 0.05) is 52.9 Å². The summed E-state index contributed by atoms with van der Waals surface area (Å²) in [6.45, 7) is 14.8. The average Bonchev–Trinajstić information content (AvgIpc) is 3.30. The number of aromatic carboxylic acids is 1. The molecule has 0 saturated carbocycles. The maximum atomic E-state index is 14.1. The predicted molar refractivity (Wildman–Crippen MR) is 186 cm³/mol. The molecule has 1 unspecified atom stereocenters. The molecular formula is C38H34Cl2N2O6. The first-order valence-corrected chi connectivity index (χ1v) is 16.8. The third kappa shape index (κ3) is 3.81. The number of esters is 1. The van der Waals surface area contributed by atoms with Crippen LogP contribution in [0, 0.1) is 0 Å². The number of allylic oxidation sites excluding steroid dienone is 2. The van der Waals surface area contributed by atoms with Gasteiger partial charge in [-0.25, -0.2) is 9.59 Å². The second-order valence-corrected chi connectivity index (χ2v) is 15.3. The van der Waals surface area contributed by atoms with E-state index in [4.69, 9.17) is 32.7 Å². The fraction of sp³-hybridized carbons (Fsp3) is 0.342. The Morgan fingerprint density at radius 2 is 1.60 bits per heavy atom. The van der Waals surface area contributed by atoms with Crippen molar-refractivity contribution >= 4 is 63.6 Å². The largest absolute Gasteiger partial charge is 0.478 e. The number of halogens is 2. The first-order chi connectivity index (χ1) is 22.5. The van der Waals surface area contributed by atoms with Gasteiger partial charge in [-0.3, -0.25) is 4.79 Å². The standard InChI is InChI=1S/C38H34Cl2N2O6/c1-17-16-37(6,7)42(19(3)43)27-14-28-24(11-21(17)27)38(30-26(39)13-23(34(44)45)31(40)29(30)35(46)48-38)25-12-22-18(2)15-36(4,5)41-10-8-9-20(32(22)41)33(25)47-28/h11-16H,8-10H2,1-7H3,(H,44,45). The number of carboxylic acids is 1. The van der Waals surface area contributed by atoms with Gasteiger partial charge in [-0.15, -0.1) is 0 Å².